The van der Waals surface area contributed by atoms with Crippen LogP contribution in [0.25, 0.3) is 11.3 Å². The van der Waals surface area contributed by atoms with E-state index in [0.29, 0.717) is 11.3 Å². The van der Waals surface area contributed by atoms with E-state index in [0.717, 1.165) is 0 Å². The first kappa shape index (κ1) is 15.0. The van der Waals surface area contributed by atoms with Gasteiger partial charge in [-0.05, 0) is 12.1 Å². The molecule has 0 unspecified atom stereocenters. The van der Waals surface area contributed by atoms with Gasteiger partial charge in [0.05, 0.1) is 10.6 Å². The number of rotatable bonds is 4. The standard InChI is InChI=1S/C11H15N7O2S/c1-18-8(5-6-15-18)7-3-2-4-9(21(14,19)20)10(7)11(12)16-17-13/h2-6,17H,13H2,1H3,(H2,12,16)(H2,14,19,20). The molecule has 0 atom stereocenters. The van der Waals surface area contributed by atoms with Gasteiger partial charge in [0.15, 0.2) is 5.84 Å². The number of hydrogen-bond acceptors (Lipinski definition) is 6. The van der Waals surface area contributed by atoms with Crippen LogP contribution in [-0.4, -0.2) is 24.0 Å². The Morgan fingerprint density at radius 2 is 2.10 bits per heavy atom. The van der Waals surface area contributed by atoms with Crippen LogP contribution in [0.1, 0.15) is 5.56 Å². The van der Waals surface area contributed by atoms with Gasteiger partial charge in [-0.15, -0.1) is 5.10 Å². The summed E-state index contributed by atoms with van der Waals surface area (Å²) in [6.45, 7) is 0. The average Bonchev–Trinajstić information content (AvgIpc) is 2.83. The summed E-state index contributed by atoms with van der Waals surface area (Å²) in [4.78, 5) is -0.141. The van der Waals surface area contributed by atoms with E-state index in [1.54, 1.807) is 36.1 Å². The predicted octanol–water partition coefficient (Wildman–Crippen LogP) is -1.18. The Balaban J connectivity index is 2.84. The summed E-state index contributed by atoms with van der Waals surface area (Å²) in [6, 6.07) is 6.33. The van der Waals surface area contributed by atoms with Crippen LogP contribution < -0.4 is 22.3 Å². The molecule has 0 fully saturated rings. The van der Waals surface area contributed by atoms with E-state index < -0.39 is 10.0 Å². The minimum Gasteiger partial charge on any atom is -0.382 e. The van der Waals surface area contributed by atoms with Gasteiger partial charge in [0.25, 0.3) is 0 Å². The zero-order valence-electron chi connectivity index (χ0n) is 11.2. The molecule has 0 aliphatic carbocycles. The number of hydrazine groups is 1. The first-order valence-electron chi connectivity index (χ1n) is 5.79. The van der Waals surface area contributed by atoms with Crippen LogP contribution in [0.15, 0.2) is 40.5 Å². The fourth-order valence-electron chi connectivity index (χ4n) is 2.01. The second kappa shape index (κ2) is 5.52. The molecule has 0 saturated heterocycles. The molecule has 1 aromatic carbocycles. The average molecular weight is 309 g/mol. The molecule has 21 heavy (non-hydrogen) atoms. The number of hydrazone groups is 1. The minimum absolute atomic E-state index is 0.0988. The van der Waals surface area contributed by atoms with Crippen LogP contribution in [0.4, 0.5) is 0 Å². The summed E-state index contributed by atoms with van der Waals surface area (Å²) < 4.78 is 25.1. The van der Waals surface area contributed by atoms with Crippen LogP contribution >= 0.6 is 0 Å². The summed E-state index contributed by atoms with van der Waals surface area (Å²) in [5.74, 6) is 5.01. The number of primary sulfonamides is 1. The second-order valence-corrected chi connectivity index (χ2v) is 5.72. The molecular formula is C11H15N7O2S. The van der Waals surface area contributed by atoms with Gasteiger partial charge in [0, 0.05) is 24.4 Å². The van der Waals surface area contributed by atoms with E-state index in [1.165, 1.54) is 6.07 Å². The molecule has 10 heteroatoms. The van der Waals surface area contributed by atoms with Gasteiger partial charge in [-0.1, -0.05) is 12.1 Å². The number of hydrogen-bond donors (Lipinski definition) is 4. The highest BCUT2D eigenvalue weighted by atomic mass is 32.2. The molecule has 0 spiro atoms. The van der Waals surface area contributed by atoms with Gasteiger partial charge in [0.2, 0.25) is 10.0 Å². The van der Waals surface area contributed by atoms with E-state index in [-0.39, 0.29) is 16.3 Å². The van der Waals surface area contributed by atoms with Crippen molar-refractivity contribution in [2.24, 2.45) is 28.9 Å². The lowest BCUT2D eigenvalue weighted by molar-refractivity contribution is 0.597. The number of benzene rings is 1. The Kier molecular flexibility index (Phi) is 3.93. The van der Waals surface area contributed by atoms with Crippen molar-refractivity contribution in [2.75, 3.05) is 0 Å². The molecule has 0 bridgehead atoms. The van der Waals surface area contributed by atoms with E-state index in [4.69, 9.17) is 16.7 Å². The van der Waals surface area contributed by atoms with Crippen LogP contribution in [0.5, 0.6) is 0 Å². The quantitative estimate of drug-likeness (QED) is 0.241. The van der Waals surface area contributed by atoms with Crippen molar-refractivity contribution >= 4 is 15.9 Å². The number of aryl methyl sites for hydroxylation is 1. The molecule has 1 heterocycles. The fraction of sp³-hybridized carbons (Fsp3) is 0.0909. The number of aromatic nitrogens is 2. The number of nitrogens with one attached hydrogen (secondary N) is 1. The molecular weight excluding hydrogens is 294 g/mol. The molecule has 9 nitrogen and oxygen atoms in total. The van der Waals surface area contributed by atoms with Crippen LogP contribution in [0, 0.1) is 0 Å². The molecule has 0 amide bonds. The summed E-state index contributed by atoms with van der Waals surface area (Å²) in [6.07, 6.45) is 1.58. The summed E-state index contributed by atoms with van der Waals surface area (Å²) >= 11 is 0. The molecule has 7 N–H and O–H groups in total. The van der Waals surface area contributed by atoms with Gasteiger partial charge in [-0.2, -0.15) is 5.10 Å². The Morgan fingerprint density at radius 1 is 1.38 bits per heavy atom. The van der Waals surface area contributed by atoms with Crippen LogP contribution in [0.2, 0.25) is 0 Å². The van der Waals surface area contributed by atoms with Crippen molar-refractivity contribution in [1.29, 1.82) is 0 Å². The highest BCUT2D eigenvalue weighted by Gasteiger charge is 2.22. The number of sulfonamides is 1. The number of nitrogens with zero attached hydrogens (tertiary/aromatic N) is 3. The zero-order valence-corrected chi connectivity index (χ0v) is 12.0. The summed E-state index contributed by atoms with van der Waals surface area (Å²) in [7, 11) is -2.26. The Bertz CT molecular complexity index is 795. The summed E-state index contributed by atoms with van der Waals surface area (Å²) in [5.41, 5.74) is 9.21. The fourth-order valence-corrected chi connectivity index (χ4v) is 2.78. The lowest BCUT2D eigenvalue weighted by Gasteiger charge is -2.13. The van der Waals surface area contributed by atoms with Crippen molar-refractivity contribution in [1.82, 2.24) is 15.3 Å². The Hall–Kier alpha value is -2.43. The van der Waals surface area contributed by atoms with Crippen LogP contribution in [0.3, 0.4) is 0 Å². The molecule has 0 radical (unpaired) electrons. The number of nitrogens with two attached hydrogens (primary N) is 3. The van der Waals surface area contributed by atoms with E-state index in [2.05, 4.69) is 10.2 Å². The molecule has 2 rings (SSSR count). The molecule has 112 valence electrons. The van der Waals surface area contributed by atoms with E-state index in [9.17, 15) is 8.42 Å². The maximum Gasteiger partial charge on any atom is 0.238 e. The third kappa shape index (κ3) is 2.86. The SMILES string of the molecule is Cn1nccc1-c1cccc(S(N)(=O)=O)c1/C(N)=N/NN. The van der Waals surface area contributed by atoms with Crippen molar-refractivity contribution in [2.45, 2.75) is 4.90 Å². The number of amidine groups is 1. The van der Waals surface area contributed by atoms with Crippen molar-refractivity contribution in [3.05, 3.63) is 36.0 Å². The van der Waals surface area contributed by atoms with Gasteiger partial charge >= 0.3 is 0 Å². The van der Waals surface area contributed by atoms with Crippen molar-refractivity contribution in [3.8, 4) is 11.3 Å². The first-order valence-corrected chi connectivity index (χ1v) is 7.34. The largest absolute Gasteiger partial charge is 0.382 e. The normalized spacial score (nSPS) is 12.4. The molecule has 1 aromatic heterocycles. The Labute approximate surface area is 121 Å². The molecule has 0 aliphatic rings. The van der Waals surface area contributed by atoms with Gasteiger partial charge in [0.1, 0.15) is 0 Å². The second-order valence-electron chi connectivity index (χ2n) is 4.19. The van der Waals surface area contributed by atoms with Crippen LogP contribution in [-0.2, 0) is 17.1 Å². The van der Waals surface area contributed by atoms with Crippen molar-refractivity contribution in [3.63, 3.8) is 0 Å². The third-order valence-corrected chi connectivity index (χ3v) is 3.82. The monoisotopic (exact) mass is 309 g/mol. The van der Waals surface area contributed by atoms with Crippen molar-refractivity contribution < 1.29 is 8.42 Å². The topological polar surface area (TPSA) is 154 Å². The summed E-state index contributed by atoms with van der Waals surface area (Å²) in [5, 5.41) is 12.9. The lowest BCUT2D eigenvalue weighted by Crippen LogP contribution is -2.27. The van der Waals surface area contributed by atoms with E-state index >= 15 is 0 Å². The lowest BCUT2D eigenvalue weighted by atomic mass is 10.0. The molecule has 2 aromatic rings. The van der Waals surface area contributed by atoms with E-state index in [1.807, 2.05) is 5.53 Å². The van der Waals surface area contributed by atoms with Gasteiger partial charge in [-0.3, -0.25) is 4.68 Å². The predicted molar refractivity (Wildman–Crippen MR) is 78.1 cm³/mol. The molecule has 0 saturated carbocycles. The minimum atomic E-state index is -3.98. The van der Waals surface area contributed by atoms with Gasteiger partial charge in [-0.25, -0.2) is 24.9 Å². The Morgan fingerprint density at radius 3 is 2.62 bits per heavy atom. The smallest absolute Gasteiger partial charge is 0.238 e. The highest BCUT2D eigenvalue weighted by Crippen LogP contribution is 2.27. The maximum absolute atomic E-state index is 11.8. The van der Waals surface area contributed by atoms with Gasteiger partial charge < -0.3 is 5.73 Å². The highest BCUT2D eigenvalue weighted by molar-refractivity contribution is 7.89. The maximum atomic E-state index is 11.8. The third-order valence-electron chi connectivity index (χ3n) is 2.87. The zero-order chi connectivity index (χ0) is 15.6. The first-order chi connectivity index (χ1) is 9.86. The molecule has 0 aliphatic heterocycles.